The molecule has 3 nitrogen and oxygen atoms in total. The fourth-order valence-corrected chi connectivity index (χ4v) is 2.48. The van der Waals surface area contributed by atoms with Crippen molar-refractivity contribution < 1.29 is 9.18 Å². The van der Waals surface area contributed by atoms with E-state index in [1.807, 2.05) is 0 Å². The highest BCUT2D eigenvalue weighted by Gasteiger charge is 2.09. The molecule has 1 heterocycles. The molecule has 19 heavy (non-hydrogen) atoms. The van der Waals surface area contributed by atoms with Crippen LogP contribution in [0.4, 0.5) is 4.39 Å². The molecule has 0 amide bonds. The summed E-state index contributed by atoms with van der Waals surface area (Å²) in [7, 11) is 0. The zero-order valence-corrected chi connectivity index (χ0v) is 11.5. The SMILES string of the molecule is CCCn1cc(C(=O)CSc2cccc(F)c2)cn1. The third-order valence-electron chi connectivity index (χ3n) is 2.57. The Morgan fingerprint density at radius 3 is 3.05 bits per heavy atom. The second kappa shape index (κ2) is 6.52. The maximum absolute atomic E-state index is 13.0. The van der Waals surface area contributed by atoms with Gasteiger partial charge in [-0.15, -0.1) is 11.8 Å². The third-order valence-corrected chi connectivity index (χ3v) is 3.57. The first-order valence-electron chi connectivity index (χ1n) is 6.13. The lowest BCUT2D eigenvalue weighted by atomic mass is 10.3. The number of hydrogen-bond donors (Lipinski definition) is 0. The molecule has 2 rings (SSSR count). The Balaban J connectivity index is 1.93. The van der Waals surface area contributed by atoms with Crippen molar-refractivity contribution in [3.8, 4) is 0 Å². The summed E-state index contributed by atoms with van der Waals surface area (Å²) in [5, 5.41) is 4.12. The van der Waals surface area contributed by atoms with Crippen molar-refractivity contribution in [3.63, 3.8) is 0 Å². The first-order chi connectivity index (χ1) is 9.19. The van der Waals surface area contributed by atoms with Gasteiger partial charge in [0.2, 0.25) is 0 Å². The quantitative estimate of drug-likeness (QED) is 0.600. The molecule has 1 aromatic heterocycles. The van der Waals surface area contributed by atoms with Crippen molar-refractivity contribution in [2.75, 3.05) is 5.75 Å². The van der Waals surface area contributed by atoms with Crippen molar-refractivity contribution in [3.05, 3.63) is 48.0 Å². The summed E-state index contributed by atoms with van der Waals surface area (Å²) in [4.78, 5) is 12.7. The zero-order chi connectivity index (χ0) is 13.7. The molecule has 5 heteroatoms. The van der Waals surface area contributed by atoms with Gasteiger partial charge in [-0.2, -0.15) is 5.10 Å². The minimum Gasteiger partial charge on any atom is -0.293 e. The molecule has 2 aromatic rings. The monoisotopic (exact) mass is 278 g/mol. The van der Waals surface area contributed by atoms with Crippen molar-refractivity contribution in [2.24, 2.45) is 0 Å². The van der Waals surface area contributed by atoms with Gasteiger partial charge < -0.3 is 0 Å². The van der Waals surface area contributed by atoms with Gasteiger partial charge in [-0.05, 0) is 24.6 Å². The summed E-state index contributed by atoms with van der Waals surface area (Å²) in [6, 6.07) is 6.25. The molecule has 0 spiro atoms. The van der Waals surface area contributed by atoms with Crippen LogP contribution in [0.1, 0.15) is 23.7 Å². The predicted octanol–water partition coefficient (Wildman–Crippen LogP) is 3.41. The van der Waals surface area contributed by atoms with E-state index in [-0.39, 0.29) is 11.6 Å². The van der Waals surface area contributed by atoms with Crippen molar-refractivity contribution >= 4 is 17.5 Å². The van der Waals surface area contributed by atoms with Gasteiger partial charge in [0.15, 0.2) is 5.78 Å². The lowest BCUT2D eigenvalue weighted by molar-refractivity contribution is 0.102. The highest BCUT2D eigenvalue weighted by Crippen LogP contribution is 2.19. The van der Waals surface area contributed by atoms with Crippen LogP contribution in [-0.2, 0) is 6.54 Å². The Kier molecular flexibility index (Phi) is 4.74. The zero-order valence-electron chi connectivity index (χ0n) is 10.7. The average Bonchev–Trinajstić information content (AvgIpc) is 2.85. The minimum atomic E-state index is -0.284. The number of hydrogen-bond acceptors (Lipinski definition) is 3. The molecular weight excluding hydrogens is 263 g/mol. The normalized spacial score (nSPS) is 10.6. The van der Waals surface area contributed by atoms with Crippen molar-refractivity contribution in [2.45, 2.75) is 24.8 Å². The number of aryl methyl sites for hydroxylation is 1. The summed E-state index contributed by atoms with van der Waals surface area (Å²) in [5.41, 5.74) is 0.609. The number of carbonyl (C=O) groups excluding carboxylic acids is 1. The molecule has 0 aliphatic carbocycles. The molecule has 0 atom stereocenters. The van der Waals surface area contributed by atoms with E-state index >= 15 is 0 Å². The average molecular weight is 278 g/mol. The van der Waals surface area contributed by atoms with E-state index in [2.05, 4.69) is 12.0 Å². The molecule has 0 unspecified atom stereocenters. The topological polar surface area (TPSA) is 34.9 Å². The summed E-state index contributed by atoms with van der Waals surface area (Å²) in [5.74, 6) is 0.0196. The maximum Gasteiger partial charge on any atom is 0.176 e. The van der Waals surface area contributed by atoms with Gasteiger partial charge in [0.25, 0.3) is 0 Å². The molecule has 0 aliphatic heterocycles. The number of rotatable bonds is 6. The number of ketones is 1. The van der Waals surface area contributed by atoms with Gasteiger partial charge in [-0.25, -0.2) is 4.39 Å². The van der Waals surface area contributed by atoms with E-state index in [1.54, 1.807) is 29.2 Å². The fourth-order valence-electron chi connectivity index (χ4n) is 1.65. The second-order valence-electron chi connectivity index (χ2n) is 4.16. The van der Waals surface area contributed by atoms with Gasteiger partial charge in [0.1, 0.15) is 5.82 Å². The van der Waals surface area contributed by atoms with Crippen LogP contribution in [0.2, 0.25) is 0 Å². The number of carbonyl (C=O) groups is 1. The molecule has 0 radical (unpaired) electrons. The summed E-state index contributed by atoms with van der Waals surface area (Å²) in [6.45, 7) is 2.87. The molecule has 0 saturated heterocycles. The highest BCUT2D eigenvalue weighted by atomic mass is 32.2. The van der Waals surface area contributed by atoms with Crippen molar-refractivity contribution in [1.29, 1.82) is 0 Å². The van der Waals surface area contributed by atoms with Crippen LogP contribution in [0.15, 0.2) is 41.6 Å². The molecule has 100 valence electrons. The highest BCUT2D eigenvalue weighted by molar-refractivity contribution is 8.00. The lowest BCUT2D eigenvalue weighted by Gasteiger charge is -2.00. The molecule has 0 aliphatic rings. The van der Waals surface area contributed by atoms with E-state index < -0.39 is 0 Å². The Labute approximate surface area is 115 Å². The van der Waals surface area contributed by atoms with E-state index in [0.29, 0.717) is 11.3 Å². The fraction of sp³-hybridized carbons (Fsp3) is 0.286. The predicted molar refractivity (Wildman–Crippen MR) is 74.0 cm³/mol. The minimum absolute atomic E-state index is 0.0108. The molecule has 0 fully saturated rings. The number of nitrogens with zero attached hydrogens (tertiary/aromatic N) is 2. The number of thioether (sulfide) groups is 1. The summed E-state index contributed by atoms with van der Waals surface area (Å²) in [6.07, 6.45) is 4.33. The van der Waals surface area contributed by atoms with E-state index in [4.69, 9.17) is 0 Å². The summed E-state index contributed by atoms with van der Waals surface area (Å²) < 4.78 is 14.8. The molecule has 0 bridgehead atoms. The van der Waals surface area contributed by atoms with Gasteiger partial charge in [-0.1, -0.05) is 13.0 Å². The largest absolute Gasteiger partial charge is 0.293 e. The van der Waals surface area contributed by atoms with Crippen LogP contribution < -0.4 is 0 Å². The molecular formula is C14H15FN2OS. The van der Waals surface area contributed by atoms with Crippen LogP contribution in [0, 0.1) is 5.82 Å². The van der Waals surface area contributed by atoms with Crippen LogP contribution in [-0.4, -0.2) is 21.3 Å². The smallest absolute Gasteiger partial charge is 0.176 e. The van der Waals surface area contributed by atoms with Gasteiger partial charge in [0.05, 0.1) is 17.5 Å². The second-order valence-corrected chi connectivity index (χ2v) is 5.21. The van der Waals surface area contributed by atoms with Gasteiger partial charge in [0, 0.05) is 17.6 Å². The molecule has 0 N–H and O–H groups in total. The maximum atomic E-state index is 13.0. The first kappa shape index (κ1) is 13.8. The van der Waals surface area contributed by atoms with Crippen molar-refractivity contribution in [1.82, 2.24) is 9.78 Å². The number of benzene rings is 1. The number of halogens is 1. The van der Waals surface area contributed by atoms with Crippen LogP contribution in [0.25, 0.3) is 0 Å². The first-order valence-corrected chi connectivity index (χ1v) is 7.11. The van der Waals surface area contributed by atoms with E-state index in [9.17, 15) is 9.18 Å². The Hall–Kier alpha value is -1.62. The lowest BCUT2D eigenvalue weighted by Crippen LogP contribution is -2.01. The van der Waals surface area contributed by atoms with E-state index in [0.717, 1.165) is 17.9 Å². The standard InChI is InChI=1S/C14H15FN2OS/c1-2-6-17-9-11(8-16-17)14(18)10-19-13-5-3-4-12(15)7-13/h3-5,7-9H,2,6,10H2,1H3. The molecule has 0 saturated carbocycles. The van der Waals surface area contributed by atoms with Crippen LogP contribution >= 0.6 is 11.8 Å². The summed E-state index contributed by atoms with van der Waals surface area (Å²) >= 11 is 1.33. The number of aromatic nitrogens is 2. The van der Waals surface area contributed by atoms with E-state index in [1.165, 1.54) is 23.9 Å². The third kappa shape index (κ3) is 3.92. The van der Waals surface area contributed by atoms with Gasteiger partial charge >= 0.3 is 0 Å². The Bertz CT molecular complexity index is 568. The van der Waals surface area contributed by atoms with Gasteiger partial charge in [-0.3, -0.25) is 9.48 Å². The number of Topliss-reactive ketones (excluding diaryl/α,β-unsaturated/α-hetero) is 1. The van der Waals surface area contributed by atoms with Crippen LogP contribution in [0.5, 0.6) is 0 Å². The molecule has 1 aromatic carbocycles. The van der Waals surface area contributed by atoms with Crippen LogP contribution in [0.3, 0.4) is 0 Å². The Morgan fingerprint density at radius 2 is 2.32 bits per heavy atom. The Morgan fingerprint density at radius 1 is 1.47 bits per heavy atom.